The lowest BCUT2D eigenvalue weighted by Crippen LogP contribution is -1.95. The molecule has 3 aromatic heterocycles. The van der Waals surface area contributed by atoms with Crippen molar-refractivity contribution < 1.29 is 4.74 Å². The molecular weight excluding hydrogens is 336 g/mol. The molecule has 0 aliphatic heterocycles. The van der Waals surface area contributed by atoms with Crippen LogP contribution < -0.4 is 4.74 Å². The molecule has 0 spiro atoms. The lowest BCUT2D eigenvalue weighted by molar-refractivity contribution is 0.463. The van der Waals surface area contributed by atoms with E-state index in [0.717, 1.165) is 28.8 Å². The maximum Gasteiger partial charge on any atom is 0.219 e. The minimum absolute atomic E-state index is 0.500. The first-order chi connectivity index (χ1) is 12.2. The minimum atomic E-state index is 0.500. The second-order valence-corrected chi connectivity index (χ2v) is 5.91. The third-order valence-electron chi connectivity index (χ3n) is 3.86. The molecule has 0 bridgehead atoms. The van der Waals surface area contributed by atoms with Gasteiger partial charge in [0.25, 0.3) is 0 Å². The number of aryl methyl sites for hydroxylation is 1. The number of benzene rings is 1. The Kier molecular flexibility index (Phi) is 4.07. The van der Waals surface area contributed by atoms with E-state index in [-0.39, 0.29) is 0 Å². The smallest absolute Gasteiger partial charge is 0.219 e. The topological polar surface area (TPSA) is 52.8 Å². The first-order valence-corrected chi connectivity index (χ1v) is 8.34. The van der Waals surface area contributed by atoms with Crippen molar-refractivity contribution >= 4 is 22.6 Å². The first-order valence-electron chi connectivity index (χ1n) is 7.96. The van der Waals surface area contributed by atoms with Gasteiger partial charge in [0.05, 0.1) is 10.5 Å². The molecule has 6 heteroatoms. The fraction of sp³-hybridized carbons (Fsp3) is 0.105. The SMILES string of the molecule is CCn1nc(-c2ccc(Oc3ccc(Cl)cn3)cc2)c2ncccc21. The molecule has 0 N–H and O–H groups in total. The summed E-state index contributed by atoms with van der Waals surface area (Å²) in [5.41, 5.74) is 3.80. The van der Waals surface area contributed by atoms with Crippen LogP contribution >= 0.6 is 11.6 Å². The van der Waals surface area contributed by atoms with Gasteiger partial charge in [0.15, 0.2) is 0 Å². The van der Waals surface area contributed by atoms with Crippen LogP contribution in [0.1, 0.15) is 6.92 Å². The maximum absolute atomic E-state index is 5.83. The van der Waals surface area contributed by atoms with Crippen LogP contribution in [0.5, 0.6) is 11.6 Å². The summed E-state index contributed by atoms with van der Waals surface area (Å²) in [5, 5.41) is 5.27. The van der Waals surface area contributed by atoms with Gasteiger partial charge >= 0.3 is 0 Å². The van der Waals surface area contributed by atoms with E-state index in [4.69, 9.17) is 16.3 Å². The van der Waals surface area contributed by atoms with Crippen molar-refractivity contribution in [3.8, 4) is 22.9 Å². The molecule has 0 saturated carbocycles. The zero-order valence-corrected chi connectivity index (χ0v) is 14.3. The van der Waals surface area contributed by atoms with Crippen LogP contribution in [-0.2, 0) is 6.54 Å². The number of pyridine rings is 2. The molecule has 0 radical (unpaired) electrons. The van der Waals surface area contributed by atoms with Crippen LogP contribution in [0, 0.1) is 0 Å². The monoisotopic (exact) mass is 350 g/mol. The number of nitrogens with zero attached hydrogens (tertiary/aromatic N) is 4. The Labute approximate surface area is 149 Å². The van der Waals surface area contributed by atoms with Crippen LogP contribution in [0.25, 0.3) is 22.3 Å². The van der Waals surface area contributed by atoms with Gasteiger partial charge in [-0.1, -0.05) is 11.6 Å². The third kappa shape index (κ3) is 3.06. The van der Waals surface area contributed by atoms with E-state index in [1.54, 1.807) is 24.5 Å². The van der Waals surface area contributed by atoms with Gasteiger partial charge in [0, 0.05) is 30.6 Å². The lowest BCUT2D eigenvalue weighted by Gasteiger charge is -2.05. The molecule has 124 valence electrons. The second-order valence-electron chi connectivity index (χ2n) is 5.48. The van der Waals surface area contributed by atoms with Crippen LogP contribution in [0.3, 0.4) is 0 Å². The van der Waals surface area contributed by atoms with E-state index in [0.29, 0.717) is 16.7 Å². The fourth-order valence-corrected chi connectivity index (χ4v) is 2.78. The highest BCUT2D eigenvalue weighted by Gasteiger charge is 2.12. The summed E-state index contributed by atoms with van der Waals surface area (Å²) in [4.78, 5) is 8.62. The molecule has 3 heterocycles. The highest BCUT2D eigenvalue weighted by atomic mass is 35.5. The molecule has 0 amide bonds. The van der Waals surface area contributed by atoms with Gasteiger partial charge in [-0.3, -0.25) is 9.67 Å². The van der Waals surface area contributed by atoms with Crippen molar-refractivity contribution in [1.82, 2.24) is 19.7 Å². The van der Waals surface area contributed by atoms with Gasteiger partial charge in [-0.2, -0.15) is 5.10 Å². The highest BCUT2D eigenvalue weighted by molar-refractivity contribution is 6.30. The number of hydrogen-bond acceptors (Lipinski definition) is 4. The average Bonchev–Trinajstić information content (AvgIpc) is 3.03. The molecule has 0 fully saturated rings. The summed E-state index contributed by atoms with van der Waals surface area (Å²) in [6, 6.07) is 15.2. The number of ether oxygens (including phenoxy) is 1. The van der Waals surface area contributed by atoms with E-state index >= 15 is 0 Å². The molecule has 4 rings (SSSR count). The molecule has 4 aromatic rings. The Morgan fingerprint density at radius 2 is 1.88 bits per heavy atom. The largest absolute Gasteiger partial charge is 0.439 e. The van der Waals surface area contributed by atoms with Crippen molar-refractivity contribution in [1.29, 1.82) is 0 Å². The molecule has 0 unspecified atom stereocenters. The zero-order chi connectivity index (χ0) is 17.2. The molecule has 25 heavy (non-hydrogen) atoms. The molecule has 0 aliphatic carbocycles. The summed E-state index contributed by atoms with van der Waals surface area (Å²) in [6.45, 7) is 2.87. The summed E-state index contributed by atoms with van der Waals surface area (Å²) >= 11 is 5.83. The van der Waals surface area contributed by atoms with Gasteiger partial charge in [-0.25, -0.2) is 4.98 Å². The molecule has 0 aliphatic rings. The predicted molar refractivity (Wildman–Crippen MR) is 98.0 cm³/mol. The van der Waals surface area contributed by atoms with E-state index < -0.39 is 0 Å². The first kappa shape index (κ1) is 15.6. The van der Waals surface area contributed by atoms with E-state index in [1.807, 2.05) is 41.1 Å². The summed E-state index contributed by atoms with van der Waals surface area (Å²) < 4.78 is 7.69. The average molecular weight is 351 g/mol. The molecule has 1 aromatic carbocycles. The third-order valence-corrected chi connectivity index (χ3v) is 4.08. The Hall–Kier alpha value is -2.92. The van der Waals surface area contributed by atoms with E-state index in [2.05, 4.69) is 22.0 Å². The quantitative estimate of drug-likeness (QED) is 0.522. The summed E-state index contributed by atoms with van der Waals surface area (Å²) in [6.07, 6.45) is 3.34. The Bertz CT molecular complexity index is 1010. The Morgan fingerprint density at radius 1 is 1.04 bits per heavy atom. The van der Waals surface area contributed by atoms with Crippen LogP contribution in [0.4, 0.5) is 0 Å². The van der Waals surface area contributed by atoms with Crippen LogP contribution in [0.2, 0.25) is 5.02 Å². The van der Waals surface area contributed by atoms with E-state index in [1.165, 1.54) is 0 Å². The van der Waals surface area contributed by atoms with Crippen LogP contribution in [0.15, 0.2) is 60.9 Å². The van der Waals surface area contributed by atoms with Crippen molar-refractivity contribution in [2.75, 3.05) is 0 Å². The zero-order valence-electron chi connectivity index (χ0n) is 13.6. The number of halogens is 1. The minimum Gasteiger partial charge on any atom is -0.439 e. The van der Waals surface area contributed by atoms with Crippen molar-refractivity contribution in [3.05, 3.63) is 65.9 Å². The molecular formula is C19H15ClN4O. The van der Waals surface area contributed by atoms with Gasteiger partial charge in [-0.05, 0) is 49.4 Å². The molecule has 5 nitrogen and oxygen atoms in total. The fourth-order valence-electron chi connectivity index (χ4n) is 2.67. The van der Waals surface area contributed by atoms with Crippen molar-refractivity contribution in [2.24, 2.45) is 0 Å². The summed E-state index contributed by atoms with van der Waals surface area (Å²) in [7, 11) is 0. The van der Waals surface area contributed by atoms with Gasteiger partial charge in [0.1, 0.15) is 17.0 Å². The van der Waals surface area contributed by atoms with Crippen molar-refractivity contribution in [3.63, 3.8) is 0 Å². The summed E-state index contributed by atoms with van der Waals surface area (Å²) in [5.74, 6) is 1.20. The number of rotatable bonds is 4. The van der Waals surface area contributed by atoms with Gasteiger partial charge in [-0.15, -0.1) is 0 Å². The Balaban J connectivity index is 1.65. The number of hydrogen-bond donors (Lipinski definition) is 0. The number of fused-ring (bicyclic) bond motifs is 1. The normalized spacial score (nSPS) is 11.0. The second kappa shape index (κ2) is 6.53. The van der Waals surface area contributed by atoms with Crippen LogP contribution in [-0.4, -0.2) is 19.7 Å². The molecule has 0 saturated heterocycles. The lowest BCUT2D eigenvalue weighted by atomic mass is 10.1. The van der Waals surface area contributed by atoms with Gasteiger partial charge < -0.3 is 4.74 Å². The standard InChI is InChI=1S/C19H15ClN4O/c1-2-24-16-4-3-11-21-19(16)18(23-24)13-5-8-15(9-6-13)25-17-10-7-14(20)12-22-17/h3-12H,2H2,1H3. The maximum atomic E-state index is 5.83. The Morgan fingerprint density at radius 3 is 2.60 bits per heavy atom. The molecule has 0 atom stereocenters. The van der Waals surface area contributed by atoms with E-state index in [9.17, 15) is 0 Å². The van der Waals surface area contributed by atoms with Gasteiger partial charge in [0.2, 0.25) is 5.88 Å². The highest BCUT2D eigenvalue weighted by Crippen LogP contribution is 2.29. The predicted octanol–water partition coefficient (Wildman–Crippen LogP) is 4.96. The number of aromatic nitrogens is 4. The van der Waals surface area contributed by atoms with Crippen molar-refractivity contribution in [2.45, 2.75) is 13.5 Å².